The van der Waals surface area contributed by atoms with Gasteiger partial charge in [-0.05, 0) is 55.4 Å². The Hall–Kier alpha value is -2.05. The molecule has 134 valence electrons. The molecule has 1 aliphatic rings. The van der Waals surface area contributed by atoms with Crippen LogP contribution in [0.4, 0.5) is 11.4 Å². The molecule has 2 aromatic rings. The van der Waals surface area contributed by atoms with Gasteiger partial charge in [0, 0.05) is 37.6 Å². The van der Waals surface area contributed by atoms with Crippen LogP contribution in [0.25, 0.3) is 0 Å². The molecule has 1 aliphatic heterocycles. The molecule has 1 N–H and O–H groups in total. The van der Waals surface area contributed by atoms with Crippen LogP contribution in [0.2, 0.25) is 0 Å². The summed E-state index contributed by atoms with van der Waals surface area (Å²) in [5, 5.41) is 0. The fourth-order valence-electron chi connectivity index (χ4n) is 3.06. The van der Waals surface area contributed by atoms with E-state index in [0.29, 0.717) is 5.69 Å². The predicted octanol–water partition coefficient (Wildman–Crippen LogP) is 2.94. The Morgan fingerprint density at radius 1 is 1.00 bits per heavy atom. The highest BCUT2D eigenvalue weighted by atomic mass is 32.2. The van der Waals surface area contributed by atoms with Crippen LogP contribution in [-0.2, 0) is 10.0 Å². The summed E-state index contributed by atoms with van der Waals surface area (Å²) in [6.45, 7) is 9.30. The molecule has 0 aliphatic carbocycles. The summed E-state index contributed by atoms with van der Waals surface area (Å²) in [7, 11) is -3.55. The van der Waals surface area contributed by atoms with E-state index in [1.54, 1.807) is 18.2 Å². The second-order valence-electron chi connectivity index (χ2n) is 6.39. The average Bonchev–Trinajstić information content (AvgIpc) is 2.62. The Bertz CT molecular complexity index is 811. The van der Waals surface area contributed by atoms with Crippen LogP contribution in [0.15, 0.2) is 53.4 Å². The number of nitrogens with one attached hydrogen (secondary N) is 1. The molecule has 0 bridgehead atoms. The Morgan fingerprint density at radius 2 is 1.68 bits per heavy atom. The highest BCUT2D eigenvalue weighted by Crippen LogP contribution is 2.22. The van der Waals surface area contributed by atoms with Gasteiger partial charge in [-0.3, -0.25) is 4.72 Å². The van der Waals surface area contributed by atoms with E-state index in [0.717, 1.165) is 44.0 Å². The molecule has 0 atom stereocenters. The lowest BCUT2D eigenvalue weighted by atomic mass is 10.2. The largest absolute Gasteiger partial charge is 0.369 e. The van der Waals surface area contributed by atoms with Crippen molar-refractivity contribution in [2.24, 2.45) is 0 Å². The van der Waals surface area contributed by atoms with Gasteiger partial charge >= 0.3 is 0 Å². The monoisotopic (exact) mass is 359 g/mol. The van der Waals surface area contributed by atoms with Crippen LogP contribution in [0.1, 0.15) is 12.5 Å². The maximum Gasteiger partial charge on any atom is 0.261 e. The van der Waals surface area contributed by atoms with Gasteiger partial charge in [-0.15, -0.1) is 0 Å². The van der Waals surface area contributed by atoms with Crippen molar-refractivity contribution in [1.82, 2.24) is 4.90 Å². The SMILES string of the molecule is CCN1CCN(c2ccc(NS(=O)(=O)c3cccc(C)c3)cc2)CC1. The van der Waals surface area contributed by atoms with Crippen molar-refractivity contribution in [2.75, 3.05) is 42.3 Å². The van der Waals surface area contributed by atoms with Gasteiger partial charge in [-0.25, -0.2) is 8.42 Å². The number of aryl methyl sites for hydroxylation is 1. The summed E-state index contributed by atoms with van der Waals surface area (Å²) >= 11 is 0. The third-order valence-electron chi connectivity index (χ3n) is 4.60. The molecule has 2 aromatic carbocycles. The zero-order chi connectivity index (χ0) is 17.9. The lowest BCUT2D eigenvalue weighted by Gasteiger charge is -2.35. The molecule has 0 aromatic heterocycles. The van der Waals surface area contributed by atoms with Gasteiger partial charge < -0.3 is 9.80 Å². The molecule has 6 heteroatoms. The molecular formula is C19H25N3O2S. The number of benzene rings is 2. The lowest BCUT2D eigenvalue weighted by Crippen LogP contribution is -2.46. The number of nitrogens with zero attached hydrogens (tertiary/aromatic N) is 2. The first-order chi connectivity index (χ1) is 12.0. The molecule has 3 rings (SSSR count). The highest BCUT2D eigenvalue weighted by molar-refractivity contribution is 7.92. The minimum absolute atomic E-state index is 0.285. The van der Waals surface area contributed by atoms with E-state index < -0.39 is 10.0 Å². The first-order valence-corrected chi connectivity index (χ1v) is 10.1. The number of rotatable bonds is 5. The van der Waals surface area contributed by atoms with E-state index in [1.165, 1.54) is 0 Å². The normalized spacial score (nSPS) is 16.0. The first-order valence-electron chi connectivity index (χ1n) is 8.65. The van der Waals surface area contributed by atoms with Crippen molar-refractivity contribution in [3.63, 3.8) is 0 Å². The highest BCUT2D eigenvalue weighted by Gasteiger charge is 2.17. The summed E-state index contributed by atoms with van der Waals surface area (Å²) in [4.78, 5) is 5.05. The third kappa shape index (κ3) is 4.32. The topological polar surface area (TPSA) is 52.6 Å². The molecule has 0 amide bonds. The van der Waals surface area contributed by atoms with Gasteiger partial charge in [-0.1, -0.05) is 19.1 Å². The number of hydrogen-bond donors (Lipinski definition) is 1. The molecule has 0 saturated carbocycles. The summed E-state index contributed by atoms with van der Waals surface area (Å²) in [6.07, 6.45) is 0. The molecular weight excluding hydrogens is 334 g/mol. The van der Waals surface area contributed by atoms with Crippen molar-refractivity contribution in [3.05, 3.63) is 54.1 Å². The van der Waals surface area contributed by atoms with Crippen molar-refractivity contribution in [2.45, 2.75) is 18.7 Å². The maximum atomic E-state index is 12.5. The average molecular weight is 359 g/mol. The van der Waals surface area contributed by atoms with Crippen LogP contribution >= 0.6 is 0 Å². The minimum Gasteiger partial charge on any atom is -0.369 e. The predicted molar refractivity (Wildman–Crippen MR) is 103 cm³/mol. The molecule has 0 radical (unpaired) electrons. The number of sulfonamides is 1. The standard InChI is InChI=1S/C19H25N3O2S/c1-3-21-11-13-22(14-12-21)18-9-7-17(8-10-18)20-25(23,24)19-6-4-5-16(2)15-19/h4-10,15,20H,3,11-14H2,1-2H3. The van der Waals surface area contributed by atoms with Crippen LogP contribution in [-0.4, -0.2) is 46.0 Å². The molecule has 0 spiro atoms. The number of anilines is 2. The number of piperazine rings is 1. The maximum absolute atomic E-state index is 12.5. The number of likely N-dealkylation sites (N-methyl/N-ethyl adjacent to an activating group) is 1. The Kier molecular flexibility index (Phi) is 5.30. The summed E-state index contributed by atoms with van der Waals surface area (Å²) < 4.78 is 27.6. The third-order valence-corrected chi connectivity index (χ3v) is 5.98. The van der Waals surface area contributed by atoms with Crippen LogP contribution in [0, 0.1) is 6.92 Å². The Balaban J connectivity index is 1.68. The fraction of sp³-hybridized carbons (Fsp3) is 0.368. The van der Waals surface area contributed by atoms with Crippen LogP contribution in [0.3, 0.4) is 0 Å². The molecule has 5 nitrogen and oxygen atoms in total. The molecule has 1 heterocycles. The quantitative estimate of drug-likeness (QED) is 0.892. The van der Waals surface area contributed by atoms with Gasteiger partial charge in [0.2, 0.25) is 0 Å². The fourth-order valence-corrected chi connectivity index (χ4v) is 4.22. The van der Waals surface area contributed by atoms with E-state index in [2.05, 4.69) is 21.4 Å². The van der Waals surface area contributed by atoms with E-state index in [-0.39, 0.29) is 4.90 Å². The van der Waals surface area contributed by atoms with Gasteiger partial charge in [0.25, 0.3) is 10.0 Å². The van der Waals surface area contributed by atoms with E-state index in [9.17, 15) is 8.42 Å². The number of hydrogen-bond acceptors (Lipinski definition) is 4. The van der Waals surface area contributed by atoms with Gasteiger partial charge in [0.1, 0.15) is 0 Å². The smallest absolute Gasteiger partial charge is 0.261 e. The van der Waals surface area contributed by atoms with Gasteiger partial charge in [0.15, 0.2) is 0 Å². The van der Waals surface area contributed by atoms with Gasteiger partial charge in [-0.2, -0.15) is 0 Å². The molecule has 1 saturated heterocycles. The zero-order valence-electron chi connectivity index (χ0n) is 14.8. The van der Waals surface area contributed by atoms with Gasteiger partial charge in [0.05, 0.1) is 4.90 Å². The molecule has 1 fully saturated rings. The Morgan fingerprint density at radius 3 is 2.28 bits per heavy atom. The van der Waals surface area contributed by atoms with E-state index >= 15 is 0 Å². The van der Waals surface area contributed by atoms with E-state index in [1.807, 2.05) is 37.3 Å². The second kappa shape index (κ2) is 7.45. The first kappa shape index (κ1) is 17.8. The van der Waals surface area contributed by atoms with E-state index in [4.69, 9.17) is 0 Å². The summed E-state index contributed by atoms with van der Waals surface area (Å²) in [6, 6.07) is 14.5. The molecule has 0 unspecified atom stereocenters. The summed E-state index contributed by atoms with van der Waals surface area (Å²) in [5.41, 5.74) is 2.64. The zero-order valence-corrected chi connectivity index (χ0v) is 15.6. The van der Waals surface area contributed by atoms with Crippen molar-refractivity contribution in [3.8, 4) is 0 Å². The van der Waals surface area contributed by atoms with Crippen molar-refractivity contribution in [1.29, 1.82) is 0 Å². The lowest BCUT2D eigenvalue weighted by molar-refractivity contribution is 0.271. The van der Waals surface area contributed by atoms with Crippen molar-refractivity contribution < 1.29 is 8.42 Å². The minimum atomic E-state index is -3.55. The van der Waals surface area contributed by atoms with Crippen molar-refractivity contribution >= 4 is 21.4 Å². The summed E-state index contributed by atoms with van der Waals surface area (Å²) in [5.74, 6) is 0. The molecule has 25 heavy (non-hydrogen) atoms. The second-order valence-corrected chi connectivity index (χ2v) is 8.07. The van der Waals surface area contributed by atoms with Crippen LogP contribution in [0.5, 0.6) is 0 Å². The van der Waals surface area contributed by atoms with Crippen LogP contribution < -0.4 is 9.62 Å². The Labute approximate surface area is 150 Å².